The van der Waals surface area contributed by atoms with Gasteiger partial charge in [-0.2, -0.15) is 11.2 Å². The first-order chi connectivity index (χ1) is 6.25. The average Bonchev–Trinajstić information content (AvgIpc) is 2.53. The predicted molar refractivity (Wildman–Crippen MR) is 50.0 cm³/mol. The van der Waals surface area contributed by atoms with Crippen LogP contribution in [0.1, 0.15) is 5.56 Å². The van der Waals surface area contributed by atoms with Crippen molar-refractivity contribution in [2.24, 2.45) is 7.05 Å². The second-order valence-electron chi connectivity index (χ2n) is 2.99. The minimum absolute atomic E-state index is 0. The Bertz CT molecular complexity index is 406. The van der Waals surface area contributed by atoms with Gasteiger partial charge in [-0.25, -0.2) is 0 Å². The molecule has 1 radical (unpaired) electrons. The quantitative estimate of drug-likeness (QED) is 0.730. The first-order valence-corrected chi connectivity index (χ1v) is 4.10. The minimum Gasteiger partial charge on any atom is -0.381 e. The molecule has 0 saturated carbocycles. The maximum atomic E-state index is 4.25. The Morgan fingerprint density at radius 1 is 1.36 bits per heavy atom. The van der Waals surface area contributed by atoms with Crippen molar-refractivity contribution in [1.29, 1.82) is 0 Å². The van der Waals surface area contributed by atoms with E-state index in [1.54, 1.807) is 10.9 Å². The molecule has 0 atom stereocenters. The molecule has 3 nitrogen and oxygen atoms in total. The van der Waals surface area contributed by atoms with Crippen LogP contribution in [0, 0.1) is 13.0 Å². The first kappa shape index (κ1) is 11.5. The Hall–Kier alpha value is -0.536. The van der Waals surface area contributed by atoms with Crippen molar-refractivity contribution in [1.82, 2.24) is 14.8 Å². The van der Waals surface area contributed by atoms with E-state index in [1.807, 2.05) is 32.3 Å². The molecule has 2 aromatic heterocycles. The molecule has 0 aliphatic heterocycles. The van der Waals surface area contributed by atoms with Gasteiger partial charge in [0.05, 0.1) is 5.69 Å². The molecule has 4 heteroatoms. The molecule has 2 rings (SSSR count). The van der Waals surface area contributed by atoms with Crippen LogP contribution in [-0.4, -0.2) is 14.8 Å². The van der Waals surface area contributed by atoms with E-state index in [9.17, 15) is 0 Å². The molecule has 69 valence electrons. The molecule has 2 aromatic rings. The molecule has 0 aliphatic rings. The monoisotopic (exact) mass is 261 g/mol. The molecule has 2 heterocycles. The van der Waals surface area contributed by atoms with E-state index in [1.165, 1.54) is 0 Å². The summed E-state index contributed by atoms with van der Waals surface area (Å²) in [6.45, 7) is 1.97. The van der Waals surface area contributed by atoms with Crippen LogP contribution in [0.2, 0.25) is 0 Å². The zero-order valence-corrected chi connectivity index (χ0v) is 11.1. The van der Waals surface area contributed by atoms with Crippen molar-refractivity contribution in [3.8, 4) is 11.4 Å². The number of aryl methyl sites for hydroxylation is 2. The van der Waals surface area contributed by atoms with Crippen molar-refractivity contribution < 1.29 is 32.7 Å². The van der Waals surface area contributed by atoms with Gasteiger partial charge in [-0.15, -0.1) is 11.6 Å². The zero-order chi connectivity index (χ0) is 9.26. The number of rotatable bonds is 1. The summed E-state index contributed by atoms with van der Waals surface area (Å²) in [7, 11) is 1.89. The fraction of sp³-hybridized carbons (Fsp3) is 0.200. The van der Waals surface area contributed by atoms with Gasteiger partial charge >= 0.3 is 0 Å². The van der Waals surface area contributed by atoms with E-state index in [-0.39, 0.29) is 32.7 Å². The summed E-state index contributed by atoms with van der Waals surface area (Å²) in [5, 5.41) is 4.24. The summed E-state index contributed by atoms with van der Waals surface area (Å²) in [5.74, 6) is 0. The van der Waals surface area contributed by atoms with E-state index in [4.69, 9.17) is 0 Å². The van der Waals surface area contributed by atoms with Crippen LogP contribution in [0.5, 0.6) is 0 Å². The number of aromatic nitrogens is 3. The molecular formula is C10H10N3Y-. The Labute approximate surface area is 108 Å². The first-order valence-electron chi connectivity index (χ1n) is 4.10. The Balaban J connectivity index is 0.000000980. The van der Waals surface area contributed by atoms with Gasteiger partial charge < -0.3 is 4.98 Å². The van der Waals surface area contributed by atoms with Gasteiger partial charge in [-0.05, 0) is 11.8 Å². The number of pyridine rings is 1. The van der Waals surface area contributed by atoms with Crippen LogP contribution in [0.4, 0.5) is 0 Å². The van der Waals surface area contributed by atoms with Gasteiger partial charge in [0, 0.05) is 46.0 Å². The third-order valence-corrected chi connectivity index (χ3v) is 1.81. The summed E-state index contributed by atoms with van der Waals surface area (Å²) >= 11 is 0. The van der Waals surface area contributed by atoms with Gasteiger partial charge in [0.2, 0.25) is 0 Å². The maximum Gasteiger partial charge on any atom is 0.0549 e. The fourth-order valence-electron chi connectivity index (χ4n) is 1.11. The number of nitrogens with zero attached hydrogens (tertiary/aromatic N) is 3. The van der Waals surface area contributed by atoms with Gasteiger partial charge in [-0.1, -0.05) is 13.1 Å². The van der Waals surface area contributed by atoms with Crippen LogP contribution in [0.3, 0.4) is 0 Å². The Kier molecular flexibility index (Phi) is 3.96. The molecule has 0 spiro atoms. The molecule has 0 N–H and O–H groups in total. The van der Waals surface area contributed by atoms with Crippen molar-refractivity contribution in [2.75, 3.05) is 0 Å². The molecule has 0 amide bonds. The van der Waals surface area contributed by atoms with E-state index >= 15 is 0 Å². The van der Waals surface area contributed by atoms with E-state index < -0.39 is 0 Å². The summed E-state index contributed by atoms with van der Waals surface area (Å²) in [4.78, 5) is 4.25. The fourth-order valence-corrected chi connectivity index (χ4v) is 1.11. The summed E-state index contributed by atoms with van der Waals surface area (Å²) in [6.07, 6.45) is 3.70. The molecule has 0 bridgehead atoms. The summed E-state index contributed by atoms with van der Waals surface area (Å²) in [6, 6.07) is 6.89. The van der Waals surface area contributed by atoms with Gasteiger partial charge in [-0.3, -0.25) is 4.68 Å². The van der Waals surface area contributed by atoms with Gasteiger partial charge in [0.1, 0.15) is 0 Å². The summed E-state index contributed by atoms with van der Waals surface area (Å²) < 4.78 is 1.76. The smallest absolute Gasteiger partial charge is 0.0549 e. The molecule has 0 fully saturated rings. The topological polar surface area (TPSA) is 30.7 Å². The van der Waals surface area contributed by atoms with Crippen molar-refractivity contribution in [3.05, 3.63) is 36.2 Å². The van der Waals surface area contributed by atoms with Crippen LogP contribution >= 0.6 is 0 Å². The van der Waals surface area contributed by atoms with E-state index in [0.29, 0.717) is 0 Å². The van der Waals surface area contributed by atoms with Crippen LogP contribution in [0.15, 0.2) is 24.5 Å². The van der Waals surface area contributed by atoms with Gasteiger partial charge in [0.25, 0.3) is 0 Å². The average molecular weight is 261 g/mol. The van der Waals surface area contributed by atoms with E-state index in [2.05, 4.69) is 16.1 Å². The minimum atomic E-state index is 0. The SMILES string of the molecule is Cc1[c-]cc(-c2ccn(C)n2)nc1.[Y]. The molecule has 14 heavy (non-hydrogen) atoms. The zero-order valence-electron chi connectivity index (χ0n) is 8.23. The van der Waals surface area contributed by atoms with Crippen molar-refractivity contribution >= 4 is 0 Å². The van der Waals surface area contributed by atoms with Crippen molar-refractivity contribution in [2.45, 2.75) is 6.92 Å². The second kappa shape index (κ2) is 4.80. The third kappa shape index (κ3) is 2.49. The largest absolute Gasteiger partial charge is 0.381 e. The predicted octanol–water partition coefficient (Wildman–Crippen LogP) is 1.59. The van der Waals surface area contributed by atoms with Crippen LogP contribution < -0.4 is 0 Å². The number of hydrogen-bond donors (Lipinski definition) is 0. The second-order valence-corrected chi connectivity index (χ2v) is 2.99. The normalized spacial score (nSPS) is 9.57. The molecule has 0 saturated heterocycles. The molecule has 0 unspecified atom stereocenters. The molecular weight excluding hydrogens is 251 g/mol. The molecule has 0 aliphatic carbocycles. The van der Waals surface area contributed by atoms with Gasteiger partial charge in [0.15, 0.2) is 0 Å². The maximum absolute atomic E-state index is 4.25. The third-order valence-electron chi connectivity index (χ3n) is 1.81. The van der Waals surface area contributed by atoms with Crippen molar-refractivity contribution in [3.63, 3.8) is 0 Å². The Morgan fingerprint density at radius 3 is 2.64 bits per heavy atom. The van der Waals surface area contributed by atoms with E-state index in [0.717, 1.165) is 17.0 Å². The number of hydrogen-bond acceptors (Lipinski definition) is 2. The molecule has 0 aromatic carbocycles. The van der Waals surface area contributed by atoms with Crippen LogP contribution in [0.25, 0.3) is 11.4 Å². The standard InChI is InChI=1S/C10H10N3.Y/c1-8-3-4-9(11-7-8)10-5-6-13(2)12-10;/h4-7H,1-2H3;/q-1;. The van der Waals surface area contributed by atoms with Crippen LogP contribution in [-0.2, 0) is 39.8 Å². The summed E-state index contributed by atoms with van der Waals surface area (Å²) in [5.41, 5.74) is 2.80. The Morgan fingerprint density at radius 2 is 2.14 bits per heavy atom.